The number of aromatic nitrogens is 2. The average Bonchev–Trinajstić information content (AvgIpc) is 2.72. The molecule has 0 unspecified atom stereocenters. The lowest BCUT2D eigenvalue weighted by Crippen LogP contribution is -2.42. The Labute approximate surface area is 198 Å². The van der Waals surface area contributed by atoms with Gasteiger partial charge in [0.2, 0.25) is 11.7 Å². The number of piperidine rings is 1. The first kappa shape index (κ1) is 25.3. The zero-order valence-corrected chi connectivity index (χ0v) is 20.5. The summed E-state index contributed by atoms with van der Waals surface area (Å²) < 4.78 is 29.1. The zero-order chi connectivity index (χ0) is 25.1. The number of hydrogen-bond acceptors (Lipinski definition) is 9. The summed E-state index contributed by atoms with van der Waals surface area (Å²) in [5.41, 5.74) is -0.0905. The summed E-state index contributed by atoms with van der Waals surface area (Å²) in [5, 5.41) is 14.6. The van der Waals surface area contributed by atoms with Gasteiger partial charge in [-0.05, 0) is 29.7 Å². The largest absolute Gasteiger partial charge is 0.469 e. The summed E-state index contributed by atoms with van der Waals surface area (Å²) in [6, 6.07) is 5.79. The number of anilines is 2. The highest BCUT2D eigenvalue weighted by atomic mass is 32.2. The van der Waals surface area contributed by atoms with Crippen molar-refractivity contribution in [1.29, 1.82) is 0 Å². The van der Waals surface area contributed by atoms with Gasteiger partial charge in [0.05, 0.1) is 9.82 Å². The summed E-state index contributed by atoms with van der Waals surface area (Å²) >= 11 is 0. The predicted molar refractivity (Wildman–Crippen MR) is 126 cm³/mol. The molecule has 1 aromatic heterocycles. The van der Waals surface area contributed by atoms with E-state index in [0.29, 0.717) is 38.0 Å². The molecule has 1 saturated heterocycles. The normalized spacial score (nSPS) is 15.1. The fraction of sp³-hybridized carbons (Fsp3) is 0.500. The van der Waals surface area contributed by atoms with Crippen LogP contribution in [0, 0.1) is 15.5 Å². The van der Waals surface area contributed by atoms with E-state index in [0.717, 1.165) is 12.6 Å². The molecule has 0 spiro atoms. The number of hydrogen-bond donors (Lipinski definition) is 1. The van der Waals surface area contributed by atoms with Crippen molar-refractivity contribution in [1.82, 2.24) is 14.9 Å². The van der Waals surface area contributed by atoms with E-state index < -0.39 is 20.4 Å². The van der Waals surface area contributed by atoms with Gasteiger partial charge in [0.1, 0.15) is 12.4 Å². The lowest BCUT2D eigenvalue weighted by molar-refractivity contribution is -0.385. The van der Waals surface area contributed by atoms with Gasteiger partial charge < -0.3 is 15.0 Å². The maximum Gasteiger partial charge on any atom is 0.373 e. The third kappa shape index (κ3) is 6.62. The van der Waals surface area contributed by atoms with Crippen LogP contribution in [0.1, 0.15) is 40.0 Å². The van der Waals surface area contributed by atoms with Crippen molar-refractivity contribution in [2.75, 3.05) is 24.7 Å². The quantitative estimate of drug-likeness (QED) is 0.455. The van der Waals surface area contributed by atoms with Crippen LogP contribution in [0.25, 0.3) is 0 Å². The molecule has 1 fully saturated rings. The van der Waals surface area contributed by atoms with E-state index in [4.69, 9.17) is 4.74 Å². The molecule has 1 N–H and O–H groups in total. The predicted octanol–water partition coefficient (Wildman–Crippen LogP) is 3.34. The van der Waals surface area contributed by atoms with Crippen molar-refractivity contribution < 1.29 is 22.9 Å². The summed E-state index contributed by atoms with van der Waals surface area (Å²) in [6.07, 6.45) is 3.46. The summed E-state index contributed by atoms with van der Waals surface area (Å²) in [7, 11) is -3.36. The number of likely N-dealkylation sites (tertiary alicyclic amines) is 1. The summed E-state index contributed by atoms with van der Waals surface area (Å²) in [4.78, 5) is 33.5. The maximum atomic E-state index is 12.4. The number of ether oxygens (including phenoxy) is 1. The Kier molecular flexibility index (Phi) is 7.39. The highest BCUT2D eigenvalue weighted by molar-refractivity contribution is 7.90. The van der Waals surface area contributed by atoms with Gasteiger partial charge in [-0.15, -0.1) is 0 Å². The van der Waals surface area contributed by atoms with Crippen LogP contribution in [0.3, 0.4) is 0 Å². The van der Waals surface area contributed by atoms with E-state index in [-0.39, 0.29) is 34.0 Å². The number of amides is 1. The first-order chi connectivity index (χ1) is 15.8. The average molecular weight is 492 g/mol. The van der Waals surface area contributed by atoms with Crippen LogP contribution in [0.4, 0.5) is 17.2 Å². The van der Waals surface area contributed by atoms with Crippen molar-refractivity contribution in [3.05, 3.63) is 40.7 Å². The Morgan fingerprint density at radius 3 is 2.35 bits per heavy atom. The molecule has 1 aliphatic heterocycles. The van der Waals surface area contributed by atoms with Crippen LogP contribution < -0.4 is 10.1 Å². The first-order valence-electron chi connectivity index (χ1n) is 10.8. The second kappa shape index (κ2) is 9.92. The number of benzene rings is 1. The number of carbonyl (C=O) groups is 1. The number of carbonyl (C=O) groups excluding carboxylic acids is 1. The van der Waals surface area contributed by atoms with Gasteiger partial charge in [-0.2, -0.15) is 4.98 Å². The molecule has 1 aromatic carbocycles. The second-order valence-electron chi connectivity index (χ2n) is 9.49. The van der Waals surface area contributed by atoms with Crippen LogP contribution in [-0.2, 0) is 14.6 Å². The molecule has 11 nitrogen and oxygen atoms in total. The highest BCUT2D eigenvalue weighted by Gasteiger charge is 2.30. The molecular formula is C22H29N5O6S. The van der Waals surface area contributed by atoms with Crippen molar-refractivity contribution in [3.63, 3.8) is 0 Å². The lowest BCUT2D eigenvalue weighted by atomic mass is 9.91. The Bertz CT molecular complexity index is 1150. The van der Waals surface area contributed by atoms with Crippen molar-refractivity contribution in [2.24, 2.45) is 5.41 Å². The second-order valence-corrected chi connectivity index (χ2v) is 11.5. The Morgan fingerprint density at radius 1 is 1.21 bits per heavy atom. The number of rotatable bonds is 7. The SMILES string of the molecule is CC(C)(C)CC(=O)N1CCC(Oc2ncnc(Nc3ccc(S(C)(=O)=O)cc3)c2[N+](=O)[O-])CC1. The van der Waals surface area contributed by atoms with Gasteiger partial charge in [-0.1, -0.05) is 20.8 Å². The van der Waals surface area contributed by atoms with E-state index in [2.05, 4.69) is 15.3 Å². The molecular weight excluding hydrogens is 462 g/mol. The Morgan fingerprint density at radius 2 is 1.82 bits per heavy atom. The topological polar surface area (TPSA) is 145 Å². The maximum absolute atomic E-state index is 12.4. The van der Waals surface area contributed by atoms with E-state index in [9.17, 15) is 23.3 Å². The Hall–Kier alpha value is -3.28. The molecule has 184 valence electrons. The van der Waals surface area contributed by atoms with Gasteiger partial charge >= 0.3 is 5.69 Å². The van der Waals surface area contributed by atoms with E-state index >= 15 is 0 Å². The van der Waals surface area contributed by atoms with Crippen LogP contribution in [0.15, 0.2) is 35.5 Å². The molecule has 0 bridgehead atoms. The standard InChI is InChI=1S/C22H29N5O6S/c1-22(2,3)13-18(28)26-11-9-16(10-12-26)33-21-19(27(29)30)20(23-14-24-21)25-15-5-7-17(8-6-15)34(4,31)32/h5-8,14,16H,9-13H2,1-4H3,(H,23,24,25). The molecule has 1 amide bonds. The minimum atomic E-state index is -3.36. The minimum absolute atomic E-state index is 0.0695. The fourth-order valence-corrected chi connectivity index (χ4v) is 4.20. The van der Waals surface area contributed by atoms with Crippen molar-refractivity contribution in [3.8, 4) is 5.88 Å². The molecule has 12 heteroatoms. The number of sulfone groups is 1. The van der Waals surface area contributed by atoms with Gasteiger partial charge in [-0.3, -0.25) is 14.9 Å². The highest BCUT2D eigenvalue weighted by Crippen LogP contribution is 2.34. The third-order valence-electron chi connectivity index (χ3n) is 5.27. The van der Waals surface area contributed by atoms with E-state index in [1.54, 1.807) is 4.90 Å². The smallest absolute Gasteiger partial charge is 0.373 e. The van der Waals surface area contributed by atoms with Crippen LogP contribution >= 0.6 is 0 Å². The van der Waals surface area contributed by atoms with E-state index in [1.807, 2.05) is 20.8 Å². The monoisotopic (exact) mass is 491 g/mol. The van der Waals surface area contributed by atoms with Crippen molar-refractivity contribution >= 4 is 32.9 Å². The third-order valence-corrected chi connectivity index (χ3v) is 6.40. The lowest BCUT2D eigenvalue weighted by Gasteiger charge is -2.33. The van der Waals surface area contributed by atoms with E-state index in [1.165, 1.54) is 24.3 Å². The molecule has 34 heavy (non-hydrogen) atoms. The Balaban J connectivity index is 1.71. The molecule has 0 saturated carbocycles. The van der Waals surface area contributed by atoms with Crippen LogP contribution in [0.5, 0.6) is 5.88 Å². The van der Waals surface area contributed by atoms with Gasteiger partial charge in [0.25, 0.3) is 5.88 Å². The minimum Gasteiger partial charge on any atom is -0.469 e. The number of nitrogens with one attached hydrogen (secondary N) is 1. The van der Waals surface area contributed by atoms with Gasteiger partial charge in [0, 0.05) is 44.3 Å². The van der Waals surface area contributed by atoms with Gasteiger partial charge in [0.15, 0.2) is 9.84 Å². The number of nitrogens with zero attached hydrogens (tertiary/aromatic N) is 4. The van der Waals surface area contributed by atoms with Crippen LogP contribution in [0.2, 0.25) is 0 Å². The zero-order valence-electron chi connectivity index (χ0n) is 19.6. The summed E-state index contributed by atoms with van der Waals surface area (Å²) in [6.45, 7) is 7.06. The first-order valence-corrected chi connectivity index (χ1v) is 12.7. The number of nitro groups is 1. The molecule has 1 aliphatic rings. The molecule has 0 radical (unpaired) electrons. The molecule has 0 aliphatic carbocycles. The molecule has 2 aromatic rings. The molecule has 0 atom stereocenters. The molecule has 3 rings (SSSR count). The van der Waals surface area contributed by atoms with Crippen molar-refractivity contribution in [2.45, 2.75) is 51.0 Å². The summed E-state index contributed by atoms with van der Waals surface area (Å²) in [5.74, 6) is -0.137. The van der Waals surface area contributed by atoms with Gasteiger partial charge in [-0.25, -0.2) is 13.4 Å². The molecule has 2 heterocycles. The van der Waals surface area contributed by atoms with Crippen LogP contribution in [-0.4, -0.2) is 59.6 Å². The fourth-order valence-electron chi connectivity index (χ4n) is 3.57.